The van der Waals surface area contributed by atoms with Gasteiger partial charge >= 0.3 is 0 Å². The highest BCUT2D eigenvalue weighted by Crippen LogP contribution is 2.29. The molecule has 1 fully saturated rings. The number of rotatable bonds is 6. The number of ether oxygens (including phenoxy) is 1. The van der Waals surface area contributed by atoms with E-state index in [0.717, 1.165) is 12.8 Å². The highest BCUT2D eigenvalue weighted by atomic mass is 19.1. The Morgan fingerprint density at radius 3 is 2.75 bits per heavy atom. The van der Waals surface area contributed by atoms with Gasteiger partial charge in [-0.2, -0.15) is 5.26 Å². The molecule has 0 spiro atoms. The fraction of sp³-hybridized carbons (Fsp3) is 0.263. The first-order valence-corrected chi connectivity index (χ1v) is 7.83. The molecule has 1 aliphatic carbocycles. The Morgan fingerprint density at radius 2 is 2.04 bits per heavy atom. The van der Waals surface area contributed by atoms with E-state index in [9.17, 15) is 9.18 Å². The monoisotopic (exact) mass is 324 g/mol. The second-order valence-corrected chi connectivity index (χ2v) is 5.77. The zero-order valence-electron chi connectivity index (χ0n) is 13.1. The topological polar surface area (TPSA) is 53.3 Å². The summed E-state index contributed by atoms with van der Waals surface area (Å²) in [5.41, 5.74) is 0.981. The maximum atomic E-state index is 13.8. The summed E-state index contributed by atoms with van der Waals surface area (Å²) in [4.78, 5) is 14.2. The van der Waals surface area contributed by atoms with E-state index < -0.39 is 0 Å². The molecule has 5 heteroatoms. The quantitative estimate of drug-likeness (QED) is 0.819. The van der Waals surface area contributed by atoms with E-state index in [-0.39, 0.29) is 30.9 Å². The van der Waals surface area contributed by atoms with Crippen molar-refractivity contribution in [3.63, 3.8) is 0 Å². The first-order chi connectivity index (χ1) is 11.7. The minimum atomic E-state index is -0.307. The number of nitrogens with zero attached hydrogens (tertiary/aromatic N) is 2. The summed E-state index contributed by atoms with van der Waals surface area (Å²) in [5.74, 6) is -0.00857. The third kappa shape index (κ3) is 3.90. The van der Waals surface area contributed by atoms with Gasteiger partial charge in [0.05, 0.1) is 11.6 Å². The minimum Gasteiger partial charge on any atom is -0.484 e. The maximum absolute atomic E-state index is 13.8. The lowest BCUT2D eigenvalue weighted by Gasteiger charge is -2.23. The third-order valence-electron chi connectivity index (χ3n) is 3.93. The van der Waals surface area contributed by atoms with Gasteiger partial charge in [0.2, 0.25) is 0 Å². The molecule has 24 heavy (non-hydrogen) atoms. The zero-order chi connectivity index (χ0) is 16.9. The molecular formula is C19H17FN2O2. The molecular weight excluding hydrogens is 307 g/mol. The molecule has 1 saturated carbocycles. The van der Waals surface area contributed by atoms with E-state index >= 15 is 0 Å². The van der Waals surface area contributed by atoms with Crippen molar-refractivity contribution in [3.05, 3.63) is 65.5 Å². The fourth-order valence-electron chi connectivity index (χ4n) is 2.50. The molecule has 0 unspecified atom stereocenters. The van der Waals surface area contributed by atoms with Crippen molar-refractivity contribution in [1.82, 2.24) is 4.90 Å². The Bertz CT molecular complexity index is 781. The van der Waals surface area contributed by atoms with E-state index in [1.165, 1.54) is 6.07 Å². The van der Waals surface area contributed by atoms with Gasteiger partial charge in [-0.05, 0) is 37.1 Å². The van der Waals surface area contributed by atoms with Crippen molar-refractivity contribution in [3.8, 4) is 11.8 Å². The van der Waals surface area contributed by atoms with Gasteiger partial charge in [-0.3, -0.25) is 4.79 Å². The molecule has 1 aliphatic rings. The molecule has 4 nitrogen and oxygen atoms in total. The summed E-state index contributed by atoms with van der Waals surface area (Å²) in [6, 6.07) is 15.3. The van der Waals surface area contributed by atoms with Crippen LogP contribution in [0.25, 0.3) is 0 Å². The number of hydrogen-bond donors (Lipinski definition) is 0. The molecule has 0 bridgehead atoms. The van der Waals surface area contributed by atoms with Crippen LogP contribution in [0.3, 0.4) is 0 Å². The van der Waals surface area contributed by atoms with Crippen molar-refractivity contribution in [2.24, 2.45) is 0 Å². The van der Waals surface area contributed by atoms with Gasteiger partial charge in [0.1, 0.15) is 11.6 Å². The molecule has 122 valence electrons. The molecule has 0 aromatic heterocycles. The van der Waals surface area contributed by atoms with Crippen molar-refractivity contribution >= 4 is 5.91 Å². The van der Waals surface area contributed by atoms with Crippen LogP contribution in [0, 0.1) is 17.1 Å². The van der Waals surface area contributed by atoms with E-state index in [4.69, 9.17) is 10.00 Å². The number of nitriles is 1. The first kappa shape index (κ1) is 16.0. The average molecular weight is 324 g/mol. The molecule has 0 N–H and O–H groups in total. The predicted molar refractivity (Wildman–Crippen MR) is 86.6 cm³/mol. The normalized spacial score (nSPS) is 13.2. The summed E-state index contributed by atoms with van der Waals surface area (Å²) >= 11 is 0. The number of benzene rings is 2. The van der Waals surface area contributed by atoms with Crippen LogP contribution < -0.4 is 4.74 Å². The smallest absolute Gasteiger partial charge is 0.261 e. The summed E-state index contributed by atoms with van der Waals surface area (Å²) < 4.78 is 19.3. The van der Waals surface area contributed by atoms with Crippen molar-refractivity contribution in [1.29, 1.82) is 5.26 Å². The molecule has 2 aromatic carbocycles. The van der Waals surface area contributed by atoms with Crippen molar-refractivity contribution < 1.29 is 13.9 Å². The number of carbonyl (C=O) groups is 1. The van der Waals surface area contributed by atoms with Crippen LogP contribution in [0.5, 0.6) is 5.75 Å². The van der Waals surface area contributed by atoms with Crippen LogP contribution in [-0.4, -0.2) is 23.5 Å². The van der Waals surface area contributed by atoms with E-state index in [0.29, 0.717) is 16.9 Å². The van der Waals surface area contributed by atoms with Gasteiger partial charge in [0.15, 0.2) is 6.61 Å². The standard InChI is InChI=1S/C19H17FN2O2/c20-18-7-2-1-5-15(18)12-22(16-8-9-16)19(23)13-24-17-6-3-4-14(10-17)11-21/h1-7,10,16H,8-9,12-13H2. The molecule has 2 aromatic rings. The molecule has 1 amide bonds. The lowest BCUT2D eigenvalue weighted by molar-refractivity contribution is -0.134. The van der Waals surface area contributed by atoms with Gasteiger partial charge in [0.25, 0.3) is 5.91 Å². The summed E-state index contributed by atoms with van der Waals surface area (Å²) in [5, 5.41) is 8.88. The summed E-state index contributed by atoms with van der Waals surface area (Å²) in [6.07, 6.45) is 1.87. The Morgan fingerprint density at radius 1 is 1.25 bits per heavy atom. The van der Waals surface area contributed by atoms with Crippen LogP contribution in [-0.2, 0) is 11.3 Å². The Hall–Kier alpha value is -2.87. The van der Waals surface area contributed by atoms with Crippen LogP contribution in [0.15, 0.2) is 48.5 Å². The second-order valence-electron chi connectivity index (χ2n) is 5.77. The van der Waals surface area contributed by atoms with Gasteiger partial charge in [0, 0.05) is 18.2 Å². The van der Waals surface area contributed by atoms with E-state index in [1.54, 1.807) is 47.4 Å². The number of amides is 1. The maximum Gasteiger partial charge on any atom is 0.261 e. The lowest BCUT2D eigenvalue weighted by atomic mass is 10.2. The number of halogens is 1. The van der Waals surface area contributed by atoms with Gasteiger partial charge in [-0.15, -0.1) is 0 Å². The minimum absolute atomic E-state index is 0.125. The molecule has 0 radical (unpaired) electrons. The van der Waals surface area contributed by atoms with Crippen LogP contribution in [0.4, 0.5) is 4.39 Å². The van der Waals surface area contributed by atoms with Gasteiger partial charge in [-0.1, -0.05) is 24.3 Å². The van der Waals surface area contributed by atoms with Crippen molar-refractivity contribution in [2.45, 2.75) is 25.4 Å². The fourth-order valence-corrected chi connectivity index (χ4v) is 2.50. The largest absolute Gasteiger partial charge is 0.484 e. The Balaban J connectivity index is 1.65. The first-order valence-electron chi connectivity index (χ1n) is 7.83. The predicted octanol–water partition coefficient (Wildman–Crippen LogP) is 3.27. The van der Waals surface area contributed by atoms with Crippen LogP contribution in [0.2, 0.25) is 0 Å². The van der Waals surface area contributed by atoms with E-state index in [1.807, 2.05) is 6.07 Å². The SMILES string of the molecule is N#Cc1cccc(OCC(=O)N(Cc2ccccc2F)C2CC2)c1. The number of carbonyl (C=O) groups excluding carboxylic acids is 1. The molecule has 0 atom stereocenters. The summed E-state index contributed by atoms with van der Waals surface area (Å²) in [7, 11) is 0. The number of hydrogen-bond acceptors (Lipinski definition) is 3. The Labute approximate surface area is 140 Å². The van der Waals surface area contributed by atoms with Gasteiger partial charge in [-0.25, -0.2) is 4.39 Å². The molecule has 0 aliphatic heterocycles. The van der Waals surface area contributed by atoms with Crippen LogP contribution >= 0.6 is 0 Å². The molecule has 0 saturated heterocycles. The third-order valence-corrected chi connectivity index (χ3v) is 3.93. The highest BCUT2D eigenvalue weighted by molar-refractivity contribution is 5.78. The lowest BCUT2D eigenvalue weighted by Crippen LogP contribution is -2.36. The Kier molecular flexibility index (Phi) is 4.76. The van der Waals surface area contributed by atoms with Gasteiger partial charge < -0.3 is 9.64 Å². The summed E-state index contributed by atoms with van der Waals surface area (Å²) in [6.45, 7) is 0.123. The molecule has 0 heterocycles. The zero-order valence-corrected chi connectivity index (χ0v) is 13.1. The average Bonchev–Trinajstić information content (AvgIpc) is 3.44. The second kappa shape index (κ2) is 7.14. The highest BCUT2D eigenvalue weighted by Gasteiger charge is 2.33. The van der Waals surface area contributed by atoms with Crippen molar-refractivity contribution in [2.75, 3.05) is 6.61 Å². The van der Waals surface area contributed by atoms with Crippen LogP contribution in [0.1, 0.15) is 24.0 Å². The molecule has 3 rings (SSSR count). The van der Waals surface area contributed by atoms with E-state index in [2.05, 4.69) is 0 Å².